The number of aliphatic hydroxyl groups is 1. The minimum absolute atomic E-state index is 0.0778. The van der Waals surface area contributed by atoms with Gasteiger partial charge < -0.3 is 25.0 Å². The smallest absolute Gasteiger partial charge is 0.309 e. The summed E-state index contributed by atoms with van der Waals surface area (Å²) in [5.74, 6) is -2.58. The lowest BCUT2D eigenvalue weighted by molar-refractivity contribution is -0.150. The maximum atomic E-state index is 13.8. The highest BCUT2D eigenvalue weighted by atomic mass is 19.1. The van der Waals surface area contributed by atoms with Gasteiger partial charge >= 0.3 is 5.97 Å². The number of halogens is 1. The molecule has 0 spiro atoms. The van der Waals surface area contributed by atoms with Crippen LogP contribution in [0.4, 0.5) is 4.39 Å². The van der Waals surface area contributed by atoms with Crippen molar-refractivity contribution < 1.29 is 28.6 Å². The van der Waals surface area contributed by atoms with E-state index in [-0.39, 0.29) is 50.2 Å². The number of hydrogen-bond acceptors (Lipinski definition) is 5. The Morgan fingerprint density at radius 1 is 0.918 bits per heavy atom. The second kappa shape index (κ2) is 19.1. The molecule has 9 heteroatoms. The zero-order valence-electron chi connectivity index (χ0n) is 27.9. The molecule has 3 aromatic carbocycles. The first kappa shape index (κ1) is 36.8. The van der Waals surface area contributed by atoms with Crippen molar-refractivity contribution in [3.8, 4) is 0 Å². The molecule has 258 valence electrons. The molecular formula is C40H46FN3O5. The van der Waals surface area contributed by atoms with E-state index in [0.29, 0.717) is 32.2 Å². The number of carbonyl (C=O) groups is 3. The van der Waals surface area contributed by atoms with E-state index >= 15 is 0 Å². The molecule has 2 amide bonds. The molecule has 4 aromatic rings. The number of rotatable bonds is 20. The summed E-state index contributed by atoms with van der Waals surface area (Å²) < 4.78 is 19.4. The molecule has 0 aliphatic rings. The van der Waals surface area contributed by atoms with Gasteiger partial charge in [-0.3, -0.25) is 14.4 Å². The van der Waals surface area contributed by atoms with Crippen LogP contribution in [0.3, 0.4) is 0 Å². The summed E-state index contributed by atoms with van der Waals surface area (Å²) in [6.45, 7) is 7.75. The predicted molar refractivity (Wildman–Crippen MR) is 190 cm³/mol. The standard InChI is InChI=1S/C40H46FN3O5/c1-3-5-14-32(23-29-17-19-34(41)20-18-29)40(48)49-28-35(24-33-26-42-37-16-10-9-15-36(33)37)43-39(47)31(11-4-2)25-38(46)44(21-22-45)27-30-12-7-6-8-13-30/h3-4,6-10,12-13,15-20,26,31-32,35,42,45H,1-2,5,11,14,21-25,27-28H2,(H,43,47)/t31-,32-,35-/m1/s1. The number of aromatic amines is 1. The molecule has 49 heavy (non-hydrogen) atoms. The molecular weight excluding hydrogens is 621 g/mol. The molecule has 8 nitrogen and oxygen atoms in total. The van der Waals surface area contributed by atoms with Gasteiger partial charge in [0.15, 0.2) is 0 Å². The molecule has 0 fully saturated rings. The van der Waals surface area contributed by atoms with Crippen LogP contribution in [0.2, 0.25) is 0 Å². The maximum Gasteiger partial charge on any atom is 0.309 e. The minimum atomic E-state index is -0.720. The number of fused-ring (bicyclic) bond motifs is 1. The quantitative estimate of drug-likeness (QED) is 0.0756. The Morgan fingerprint density at radius 3 is 2.37 bits per heavy atom. The zero-order chi connectivity index (χ0) is 35.0. The van der Waals surface area contributed by atoms with E-state index in [4.69, 9.17) is 4.74 Å². The number of H-pyrrole nitrogens is 1. The lowest BCUT2D eigenvalue weighted by Crippen LogP contribution is -2.45. The van der Waals surface area contributed by atoms with Crippen molar-refractivity contribution in [3.05, 3.63) is 133 Å². The molecule has 3 atom stereocenters. The summed E-state index contributed by atoms with van der Waals surface area (Å²) in [6.07, 6.45) is 7.28. The highest BCUT2D eigenvalue weighted by Gasteiger charge is 2.28. The summed E-state index contributed by atoms with van der Waals surface area (Å²) >= 11 is 0. The van der Waals surface area contributed by atoms with Crippen LogP contribution >= 0.6 is 0 Å². The fourth-order valence-corrected chi connectivity index (χ4v) is 5.91. The van der Waals surface area contributed by atoms with Crippen molar-refractivity contribution in [1.82, 2.24) is 15.2 Å². The number of aromatic nitrogens is 1. The summed E-state index contributed by atoms with van der Waals surface area (Å²) in [7, 11) is 0. The molecule has 0 saturated heterocycles. The van der Waals surface area contributed by atoms with E-state index in [2.05, 4.69) is 23.5 Å². The third-order valence-electron chi connectivity index (χ3n) is 8.54. The Morgan fingerprint density at radius 2 is 1.65 bits per heavy atom. The van der Waals surface area contributed by atoms with Gasteiger partial charge in [-0.15, -0.1) is 13.2 Å². The molecule has 0 saturated carbocycles. The van der Waals surface area contributed by atoms with Gasteiger partial charge in [0.25, 0.3) is 0 Å². The first-order chi connectivity index (χ1) is 23.8. The van der Waals surface area contributed by atoms with Gasteiger partial charge in [0.2, 0.25) is 11.8 Å². The third-order valence-corrected chi connectivity index (χ3v) is 8.54. The van der Waals surface area contributed by atoms with Crippen molar-refractivity contribution in [2.24, 2.45) is 11.8 Å². The van der Waals surface area contributed by atoms with Gasteiger partial charge in [-0.1, -0.05) is 72.8 Å². The van der Waals surface area contributed by atoms with Crippen molar-refractivity contribution >= 4 is 28.7 Å². The van der Waals surface area contributed by atoms with E-state index in [1.807, 2.05) is 60.8 Å². The number of nitrogens with one attached hydrogen (secondary N) is 2. The number of hydrogen-bond donors (Lipinski definition) is 3. The average molecular weight is 668 g/mol. The summed E-state index contributed by atoms with van der Waals surface area (Å²) in [5, 5.41) is 13.7. The molecule has 0 unspecified atom stereocenters. The fourth-order valence-electron chi connectivity index (χ4n) is 5.91. The highest BCUT2D eigenvalue weighted by molar-refractivity contribution is 5.86. The lowest BCUT2D eigenvalue weighted by atomic mass is 9.94. The van der Waals surface area contributed by atoms with Crippen LogP contribution in [0, 0.1) is 17.7 Å². The van der Waals surface area contributed by atoms with Crippen LogP contribution in [0.15, 0.2) is 110 Å². The maximum absolute atomic E-state index is 13.8. The molecule has 1 aromatic heterocycles. The molecule has 3 N–H and O–H groups in total. The van der Waals surface area contributed by atoms with Gasteiger partial charge in [-0.2, -0.15) is 0 Å². The van der Waals surface area contributed by atoms with E-state index in [9.17, 15) is 23.9 Å². The zero-order valence-corrected chi connectivity index (χ0v) is 27.9. The van der Waals surface area contributed by atoms with E-state index in [1.165, 1.54) is 12.1 Å². The van der Waals surface area contributed by atoms with E-state index in [1.54, 1.807) is 29.2 Å². The molecule has 0 aliphatic carbocycles. The second-order valence-corrected chi connectivity index (χ2v) is 12.2. The Kier molecular flexibility index (Phi) is 14.3. The number of nitrogens with zero attached hydrogens (tertiary/aromatic N) is 1. The van der Waals surface area contributed by atoms with Gasteiger partial charge in [0, 0.05) is 36.6 Å². The second-order valence-electron chi connectivity index (χ2n) is 12.2. The Labute approximate surface area is 287 Å². The van der Waals surface area contributed by atoms with Crippen molar-refractivity contribution in [2.45, 2.75) is 51.1 Å². The van der Waals surface area contributed by atoms with Crippen molar-refractivity contribution in [2.75, 3.05) is 19.8 Å². The number of carbonyl (C=O) groups excluding carboxylic acids is 3. The summed E-state index contributed by atoms with van der Waals surface area (Å²) in [4.78, 5) is 45.6. The SMILES string of the molecule is C=CCC[C@H](Cc1ccc(F)cc1)C(=O)OC[C@@H](Cc1c[nH]c2ccccc12)NC(=O)[C@H](CC=C)CC(=O)N(CCO)Cc1ccccc1. The number of ether oxygens (including phenoxy) is 1. The lowest BCUT2D eigenvalue weighted by Gasteiger charge is -2.26. The summed E-state index contributed by atoms with van der Waals surface area (Å²) in [6, 6.07) is 22.8. The first-order valence-electron chi connectivity index (χ1n) is 16.7. The normalized spacial score (nSPS) is 12.9. The largest absolute Gasteiger partial charge is 0.463 e. The molecule has 1 heterocycles. The summed E-state index contributed by atoms with van der Waals surface area (Å²) in [5.41, 5.74) is 3.62. The van der Waals surface area contributed by atoms with Crippen LogP contribution in [0.1, 0.15) is 42.4 Å². The molecule has 0 bridgehead atoms. The molecule has 0 aliphatic heterocycles. The third kappa shape index (κ3) is 11.3. The first-order valence-corrected chi connectivity index (χ1v) is 16.7. The molecule has 0 radical (unpaired) electrons. The van der Waals surface area contributed by atoms with Crippen LogP contribution in [0.25, 0.3) is 10.9 Å². The number of allylic oxidation sites excluding steroid dienone is 2. The van der Waals surface area contributed by atoms with Gasteiger partial charge in [0.1, 0.15) is 12.4 Å². The monoisotopic (exact) mass is 667 g/mol. The van der Waals surface area contributed by atoms with Crippen molar-refractivity contribution in [1.29, 1.82) is 0 Å². The fraction of sp³-hybridized carbons (Fsp3) is 0.325. The van der Waals surface area contributed by atoms with Crippen molar-refractivity contribution in [3.63, 3.8) is 0 Å². The van der Waals surface area contributed by atoms with Crippen LogP contribution in [-0.4, -0.2) is 58.6 Å². The van der Waals surface area contributed by atoms with Gasteiger partial charge in [-0.05, 0) is 67.0 Å². The Balaban J connectivity index is 1.50. The average Bonchev–Trinajstić information content (AvgIpc) is 3.52. The predicted octanol–water partition coefficient (Wildman–Crippen LogP) is 6.31. The molecule has 4 rings (SSSR count). The number of aliphatic hydroxyl groups excluding tert-OH is 1. The van der Waals surface area contributed by atoms with Crippen LogP contribution < -0.4 is 5.32 Å². The topological polar surface area (TPSA) is 112 Å². The van der Waals surface area contributed by atoms with E-state index in [0.717, 1.165) is 27.6 Å². The number of benzene rings is 3. The van der Waals surface area contributed by atoms with Gasteiger partial charge in [0.05, 0.1) is 24.5 Å². The Hall–Kier alpha value is -5.02. The minimum Gasteiger partial charge on any atom is -0.463 e. The van der Waals surface area contributed by atoms with Crippen LogP contribution in [0.5, 0.6) is 0 Å². The van der Waals surface area contributed by atoms with Crippen LogP contribution in [-0.2, 0) is 38.5 Å². The van der Waals surface area contributed by atoms with Gasteiger partial charge in [-0.25, -0.2) is 4.39 Å². The highest BCUT2D eigenvalue weighted by Crippen LogP contribution is 2.22. The number of para-hydroxylation sites is 1. The van der Waals surface area contributed by atoms with E-state index < -0.39 is 23.8 Å². The number of amides is 2. The number of esters is 1. The Bertz CT molecular complexity index is 1670.